The number of hydrogen-bond donors (Lipinski definition) is 0. The van der Waals surface area contributed by atoms with Gasteiger partial charge in [0, 0.05) is 17.5 Å². The Hall–Kier alpha value is -1.56. The fraction of sp³-hybridized carbons (Fsp3) is 0.500. The van der Waals surface area contributed by atoms with E-state index in [4.69, 9.17) is 4.52 Å². The van der Waals surface area contributed by atoms with Gasteiger partial charge in [0.25, 0.3) is 0 Å². The highest BCUT2D eigenvalue weighted by Gasteiger charge is 2.20. The molecule has 1 unspecified atom stereocenters. The van der Waals surface area contributed by atoms with E-state index in [-0.39, 0.29) is 11.7 Å². The van der Waals surface area contributed by atoms with Crippen LogP contribution in [-0.4, -0.2) is 20.9 Å². The summed E-state index contributed by atoms with van der Waals surface area (Å²) in [4.78, 5) is 20.1. The van der Waals surface area contributed by atoms with E-state index < -0.39 is 0 Å². The Morgan fingerprint density at radius 1 is 1.50 bits per heavy atom. The minimum atomic E-state index is -0.325. The normalized spacial score (nSPS) is 12.6. The maximum atomic E-state index is 11.5. The minimum absolute atomic E-state index is 0.107. The maximum Gasteiger partial charge on any atom is 0.236 e. The van der Waals surface area contributed by atoms with Crippen molar-refractivity contribution in [3.63, 3.8) is 0 Å². The monoisotopic (exact) mass is 265 g/mol. The van der Waals surface area contributed by atoms with Crippen LogP contribution in [0.4, 0.5) is 0 Å². The van der Waals surface area contributed by atoms with Gasteiger partial charge in [-0.25, -0.2) is 4.98 Å². The molecule has 6 heteroatoms. The van der Waals surface area contributed by atoms with Crippen LogP contribution < -0.4 is 0 Å². The van der Waals surface area contributed by atoms with Gasteiger partial charge in [-0.15, -0.1) is 11.3 Å². The molecule has 5 nitrogen and oxygen atoms in total. The van der Waals surface area contributed by atoms with Gasteiger partial charge in [0.2, 0.25) is 5.89 Å². The van der Waals surface area contributed by atoms with Crippen LogP contribution in [0.1, 0.15) is 48.6 Å². The molecule has 0 saturated carbocycles. The Kier molecular flexibility index (Phi) is 3.86. The first-order chi connectivity index (χ1) is 8.60. The molecule has 2 heterocycles. The molecule has 0 fully saturated rings. The SMILES string of the molecule is CCC(=O)C(C)c1nc(Cc2nc(C)cs2)no1. The number of hydrogen-bond acceptors (Lipinski definition) is 6. The zero-order valence-electron chi connectivity index (χ0n) is 10.6. The summed E-state index contributed by atoms with van der Waals surface area (Å²) >= 11 is 1.57. The van der Waals surface area contributed by atoms with Crippen molar-refractivity contribution >= 4 is 17.1 Å². The van der Waals surface area contributed by atoms with E-state index >= 15 is 0 Å². The fourth-order valence-electron chi connectivity index (χ4n) is 1.58. The number of carbonyl (C=O) groups is 1. The molecule has 0 spiro atoms. The summed E-state index contributed by atoms with van der Waals surface area (Å²) < 4.78 is 5.12. The van der Waals surface area contributed by atoms with Crippen LogP contribution >= 0.6 is 11.3 Å². The molecule has 0 aliphatic carbocycles. The number of Topliss-reactive ketones (excluding diaryl/α,β-unsaturated/α-hetero) is 1. The largest absolute Gasteiger partial charge is 0.339 e. The molecular formula is C12H15N3O2S. The Labute approximate surface area is 109 Å². The lowest BCUT2D eigenvalue weighted by Gasteiger charge is -2.01. The van der Waals surface area contributed by atoms with E-state index in [1.54, 1.807) is 18.3 Å². The zero-order chi connectivity index (χ0) is 13.1. The molecule has 2 rings (SSSR count). The third-order valence-electron chi connectivity index (χ3n) is 2.66. The summed E-state index contributed by atoms with van der Waals surface area (Å²) in [7, 11) is 0. The summed E-state index contributed by atoms with van der Waals surface area (Å²) in [5.74, 6) is 0.754. The molecule has 0 bridgehead atoms. The summed E-state index contributed by atoms with van der Waals surface area (Å²) in [5, 5.41) is 6.83. The molecule has 0 saturated heterocycles. The summed E-state index contributed by atoms with van der Waals surface area (Å²) in [6.45, 7) is 5.56. The topological polar surface area (TPSA) is 68.9 Å². The lowest BCUT2D eigenvalue weighted by molar-refractivity contribution is -0.120. The molecule has 0 aliphatic heterocycles. The second kappa shape index (κ2) is 5.39. The van der Waals surface area contributed by atoms with Gasteiger partial charge in [0.1, 0.15) is 10.8 Å². The predicted octanol–water partition coefficient (Wildman–Crippen LogP) is 2.51. The van der Waals surface area contributed by atoms with Crippen molar-refractivity contribution in [1.82, 2.24) is 15.1 Å². The van der Waals surface area contributed by atoms with Crippen molar-refractivity contribution in [2.24, 2.45) is 0 Å². The Balaban J connectivity index is 2.08. The standard InChI is InChI=1S/C12H15N3O2S/c1-4-9(16)8(3)12-14-10(15-17-12)5-11-13-7(2)6-18-11/h6,8H,4-5H2,1-3H3. The first kappa shape index (κ1) is 12.9. The van der Waals surface area contributed by atoms with Gasteiger partial charge >= 0.3 is 0 Å². The molecule has 0 N–H and O–H groups in total. The molecule has 0 amide bonds. The fourth-order valence-corrected chi connectivity index (χ4v) is 2.35. The van der Waals surface area contributed by atoms with Crippen molar-refractivity contribution in [3.8, 4) is 0 Å². The highest BCUT2D eigenvalue weighted by Crippen LogP contribution is 2.17. The number of aryl methyl sites for hydroxylation is 1. The van der Waals surface area contributed by atoms with Gasteiger partial charge in [-0.05, 0) is 13.8 Å². The number of carbonyl (C=O) groups excluding carboxylic acids is 1. The highest BCUT2D eigenvalue weighted by atomic mass is 32.1. The Morgan fingerprint density at radius 2 is 2.28 bits per heavy atom. The number of rotatable bonds is 5. The van der Waals surface area contributed by atoms with Crippen molar-refractivity contribution < 1.29 is 9.32 Å². The Bertz CT molecular complexity index is 547. The smallest absolute Gasteiger partial charge is 0.236 e. The van der Waals surface area contributed by atoms with Crippen molar-refractivity contribution in [1.29, 1.82) is 0 Å². The average molecular weight is 265 g/mol. The molecule has 96 valence electrons. The van der Waals surface area contributed by atoms with Crippen LogP contribution in [0.25, 0.3) is 0 Å². The minimum Gasteiger partial charge on any atom is -0.339 e. The third-order valence-corrected chi connectivity index (χ3v) is 3.63. The van der Waals surface area contributed by atoms with Gasteiger partial charge in [-0.3, -0.25) is 4.79 Å². The summed E-state index contributed by atoms with van der Waals surface area (Å²) in [6.07, 6.45) is 1.03. The van der Waals surface area contributed by atoms with Crippen LogP contribution in [0, 0.1) is 6.92 Å². The molecule has 2 aromatic rings. The van der Waals surface area contributed by atoms with Crippen molar-refractivity contribution in [2.75, 3.05) is 0 Å². The van der Waals surface area contributed by atoms with Gasteiger partial charge < -0.3 is 4.52 Å². The predicted molar refractivity (Wildman–Crippen MR) is 67.7 cm³/mol. The van der Waals surface area contributed by atoms with E-state index in [9.17, 15) is 4.79 Å². The number of nitrogens with zero attached hydrogens (tertiary/aromatic N) is 3. The molecular weight excluding hydrogens is 250 g/mol. The first-order valence-corrected chi connectivity index (χ1v) is 6.74. The van der Waals surface area contributed by atoms with Gasteiger partial charge in [0.05, 0.1) is 12.3 Å². The van der Waals surface area contributed by atoms with Crippen LogP contribution in [0.2, 0.25) is 0 Å². The second-order valence-electron chi connectivity index (χ2n) is 4.15. The lowest BCUT2D eigenvalue weighted by Crippen LogP contribution is -2.07. The van der Waals surface area contributed by atoms with E-state index in [1.165, 1.54) is 0 Å². The number of ketones is 1. The lowest BCUT2D eigenvalue weighted by atomic mass is 10.1. The van der Waals surface area contributed by atoms with Crippen molar-refractivity contribution in [2.45, 2.75) is 39.5 Å². The molecule has 0 aromatic carbocycles. The van der Waals surface area contributed by atoms with Gasteiger partial charge in [0.15, 0.2) is 5.82 Å². The first-order valence-electron chi connectivity index (χ1n) is 5.86. The zero-order valence-corrected chi connectivity index (χ0v) is 11.5. The van der Waals surface area contributed by atoms with E-state index in [0.717, 1.165) is 10.7 Å². The van der Waals surface area contributed by atoms with E-state index in [2.05, 4.69) is 15.1 Å². The maximum absolute atomic E-state index is 11.5. The van der Waals surface area contributed by atoms with Crippen LogP contribution in [-0.2, 0) is 11.2 Å². The van der Waals surface area contributed by atoms with Gasteiger partial charge in [-0.2, -0.15) is 4.98 Å². The number of aromatic nitrogens is 3. The van der Waals surface area contributed by atoms with Gasteiger partial charge in [-0.1, -0.05) is 12.1 Å². The quantitative estimate of drug-likeness (QED) is 0.830. The summed E-state index contributed by atoms with van der Waals surface area (Å²) in [5.41, 5.74) is 0.994. The Morgan fingerprint density at radius 3 is 2.89 bits per heavy atom. The number of thiazole rings is 1. The van der Waals surface area contributed by atoms with E-state index in [1.807, 2.05) is 19.2 Å². The van der Waals surface area contributed by atoms with Crippen LogP contribution in [0.3, 0.4) is 0 Å². The second-order valence-corrected chi connectivity index (χ2v) is 5.09. The molecule has 18 heavy (non-hydrogen) atoms. The molecule has 2 aromatic heterocycles. The van der Waals surface area contributed by atoms with Crippen LogP contribution in [0.15, 0.2) is 9.90 Å². The van der Waals surface area contributed by atoms with E-state index in [0.29, 0.717) is 24.6 Å². The van der Waals surface area contributed by atoms with Crippen molar-refractivity contribution in [3.05, 3.63) is 27.8 Å². The molecule has 0 radical (unpaired) electrons. The average Bonchev–Trinajstić information content (AvgIpc) is 2.97. The van der Waals surface area contributed by atoms with Crippen LogP contribution in [0.5, 0.6) is 0 Å². The summed E-state index contributed by atoms with van der Waals surface area (Å²) in [6, 6.07) is 0. The molecule has 1 atom stereocenters. The third kappa shape index (κ3) is 2.81. The highest BCUT2D eigenvalue weighted by molar-refractivity contribution is 7.09. The molecule has 0 aliphatic rings.